The van der Waals surface area contributed by atoms with E-state index in [0.717, 1.165) is 17.0 Å². The molecule has 0 saturated carbocycles. The van der Waals surface area contributed by atoms with Crippen LogP contribution in [0.2, 0.25) is 0 Å². The summed E-state index contributed by atoms with van der Waals surface area (Å²) in [4.78, 5) is 0. The van der Waals surface area contributed by atoms with Crippen LogP contribution in [0.1, 0.15) is 11.3 Å². The molecule has 0 aliphatic rings. The van der Waals surface area contributed by atoms with E-state index in [0.29, 0.717) is 0 Å². The maximum absolute atomic E-state index is 5.00. The van der Waals surface area contributed by atoms with Gasteiger partial charge in [0.1, 0.15) is 11.5 Å². The minimum atomic E-state index is 0.843. The highest BCUT2D eigenvalue weighted by atomic mass is 16.5. The Morgan fingerprint density at radius 2 is 1.77 bits per heavy atom. The Bertz CT molecular complexity index is 400. The van der Waals surface area contributed by atoms with Crippen LogP contribution in [0.25, 0.3) is 11.3 Å². The molecule has 0 saturated heterocycles. The van der Waals surface area contributed by atoms with E-state index in [1.807, 2.05) is 25.1 Å². The fourth-order valence-corrected chi connectivity index (χ4v) is 1.23. The molecule has 66 valence electrons. The Balaban J connectivity index is 2.41. The van der Waals surface area contributed by atoms with Crippen LogP contribution >= 0.6 is 0 Å². The molecule has 0 spiro atoms. The minimum Gasteiger partial charge on any atom is -0.361 e. The third kappa shape index (κ3) is 1.61. The maximum atomic E-state index is 5.00. The molecule has 0 fully saturated rings. The minimum absolute atomic E-state index is 0.843. The number of benzene rings is 1. The normalized spacial score (nSPS) is 10.3. The van der Waals surface area contributed by atoms with E-state index in [2.05, 4.69) is 24.2 Å². The monoisotopic (exact) mass is 173 g/mol. The highest BCUT2D eigenvalue weighted by Gasteiger charge is 2.01. The SMILES string of the molecule is Cc1ccc(-c2cc(C)on2)cc1. The number of nitrogens with zero attached hydrogens (tertiary/aromatic N) is 1. The highest BCUT2D eigenvalue weighted by Crippen LogP contribution is 2.18. The van der Waals surface area contributed by atoms with Crippen LogP contribution < -0.4 is 0 Å². The van der Waals surface area contributed by atoms with Crippen molar-refractivity contribution in [3.63, 3.8) is 0 Å². The van der Waals surface area contributed by atoms with Gasteiger partial charge in [-0.2, -0.15) is 0 Å². The maximum Gasteiger partial charge on any atom is 0.134 e. The van der Waals surface area contributed by atoms with E-state index in [-0.39, 0.29) is 0 Å². The molecule has 0 N–H and O–H groups in total. The Labute approximate surface area is 77.2 Å². The van der Waals surface area contributed by atoms with Crippen LogP contribution in [0.3, 0.4) is 0 Å². The van der Waals surface area contributed by atoms with Crippen molar-refractivity contribution in [1.82, 2.24) is 5.16 Å². The lowest BCUT2D eigenvalue weighted by Gasteiger charge is -1.94. The van der Waals surface area contributed by atoms with Gasteiger partial charge in [0.15, 0.2) is 0 Å². The second-order valence-corrected chi connectivity index (χ2v) is 3.19. The molecule has 0 amide bonds. The molecule has 0 radical (unpaired) electrons. The average Bonchev–Trinajstić information content (AvgIpc) is 2.53. The number of aryl methyl sites for hydroxylation is 2. The van der Waals surface area contributed by atoms with Crippen molar-refractivity contribution in [2.45, 2.75) is 13.8 Å². The Morgan fingerprint density at radius 1 is 1.08 bits per heavy atom. The van der Waals surface area contributed by atoms with Crippen molar-refractivity contribution in [1.29, 1.82) is 0 Å². The molecular formula is C11H11NO. The fourth-order valence-electron chi connectivity index (χ4n) is 1.23. The molecule has 13 heavy (non-hydrogen) atoms. The van der Waals surface area contributed by atoms with Gasteiger partial charge in [-0.15, -0.1) is 0 Å². The first kappa shape index (κ1) is 8.05. The van der Waals surface area contributed by atoms with Gasteiger partial charge in [0.2, 0.25) is 0 Å². The van der Waals surface area contributed by atoms with Gasteiger partial charge in [0, 0.05) is 11.6 Å². The van der Waals surface area contributed by atoms with Crippen LogP contribution in [0.15, 0.2) is 34.9 Å². The molecule has 1 aromatic carbocycles. The standard InChI is InChI=1S/C11H11NO/c1-8-3-5-10(6-4-8)11-7-9(2)13-12-11/h3-7H,1-2H3. The third-order valence-corrected chi connectivity index (χ3v) is 1.98. The van der Waals surface area contributed by atoms with Gasteiger partial charge in [0.25, 0.3) is 0 Å². The van der Waals surface area contributed by atoms with Crippen molar-refractivity contribution >= 4 is 0 Å². The molecule has 1 aromatic heterocycles. The molecule has 0 unspecified atom stereocenters. The summed E-state index contributed by atoms with van der Waals surface area (Å²) in [6.07, 6.45) is 0. The smallest absolute Gasteiger partial charge is 0.134 e. The predicted octanol–water partition coefficient (Wildman–Crippen LogP) is 2.96. The Kier molecular flexibility index (Phi) is 1.89. The number of hydrogen-bond acceptors (Lipinski definition) is 2. The van der Waals surface area contributed by atoms with Gasteiger partial charge in [0.05, 0.1) is 0 Å². The lowest BCUT2D eigenvalue weighted by Crippen LogP contribution is -1.76. The van der Waals surface area contributed by atoms with Gasteiger partial charge < -0.3 is 4.52 Å². The fraction of sp³-hybridized carbons (Fsp3) is 0.182. The Morgan fingerprint density at radius 3 is 2.31 bits per heavy atom. The summed E-state index contributed by atoms with van der Waals surface area (Å²) in [5.41, 5.74) is 3.25. The lowest BCUT2D eigenvalue weighted by molar-refractivity contribution is 0.399. The molecule has 2 aromatic rings. The second kappa shape index (κ2) is 3.05. The molecule has 0 atom stereocenters. The van der Waals surface area contributed by atoms with Crippen LogP contribution in [0.5, 0.6) is 0 Å². The summed E-state index contributed by atoms with van der Waals surface area (Å²) >= 11 is 0. The summed E-state index contributed by atoms with van der Waals surface area (Å²) in [6, 6.07) is 10.2. The van der Waals surface area contributed by atoms with Gasteiger partial charge >= 0.3 is 0 Å². The van der Waals surface area contributed by atoms with Gasteiger partial charge in [-0.05, 0) is 13.8 Å². The van der Waals surface area contributed by atoms with E-state index in [1.165, 1.54) is 5.56 Å². The molecule has 0 aliphatic carbocycles. The summed E-state index contributed by atoms with van der Waals surface area (Å²) in [5, 5.41) is 3.94. The molecule has 0 aliphatic heterocycles. The van der Waals surface area contributed by atoms with E-state index in [4.69, 9.17) is 4.52 Å². The molecular weight excluding hydrogens is 162 g/mol. The zero-order valence-corrected chi connectivity index (χ0v) is 7.74. The first-order valence-electron chi connectivity index (χ1n) is 4.26. The summed E-state index contributed by atoms with van der Waals surface area (Å²) in [7, 11) is 0. The average molecular weight is 173 g/mol. The topological polar surface area (TPSA) is 26.0 Å². The van der Waals surface area contributed by atoms with Crippen molar-refractivity contribution in [2.24, 2.45) is 0 Å². The quantitative estimate of drug-likeness (QED) is 0.662. The molecule has 1 heterocycles. The number of aromatic nitrogens is 1. The highest BCUT2D eigenvalue weighted by molar-refractivity contribution is 5.58. The van der Waals surface area contributed by atoms with Crippen LogP contribution in [-0.4, -0.2) is 5.16 Å². The lowest BCUT2D eigenvalue weighted by atomic mass is 10.1. The molecule has 2 rings (SSSR count). The second-order valence-electron chi connectivity index (χ2n) is 3.19. The van der Waals surface area contributed by atoms with E-state index in [9.17, 15) is 0 Å². The first-order valence-corrected chi connectivity index (χ1v) is 4.26. The third-order valence-electron chi connectivity index (χ3n) is 1.98. The van der Waals surface area contributed by atoms with Gasteiger partial charge in [-0.3, -0.25) is 0 Å². The zero-order valence-electron chi connectivity index (χ0n) is 7.74. The van der Waals surface area contributed by atoms with Crippen LogP contribution in [0, 0.1) is 13.8 Å². The summed E-state index contributed by atoms with van der Waals surface area (Å²) in [5.74, 6) is 0.843. The zero-order chi connectivity index (χ0) is 9.26. The number of hydrogen-bond donors (Lipinski definition) is 0. The van der Waals surface area contributed by atoms with E-state index >= 15 is 0 Å². The number of rotatable bonds is 1. The predicted molar refractivity (Wildman–Crippen MR) is 51.4 cm³/mol. The first-order chi connectivity index (χ1) is 6.25. The molecule has 2 heteroatoms. The molecule has 0 bridgehead atoms. The van der Waals surface area contributed by atoms with E-state index in [1.54, 1.807) is 0 Å². The van der Waals surface area contributed by atoms with Crippen molar-refractivity contribution in [3.05, 3.63) is 41.7 Å². The van der Waals surface area contributed by atoms with Gasteiger partial charge in [-0.25, -0.2) is 0 Å². The van der Waals surface area contributed by atoms with Crippen molar-refractivity contribution in [3.8, 4) is 11.3 Å². The largest absolute Gasteiger partial charge is 0.361 e. The van der Waals surface area contributed by atoms with Crippen molar-refractivity contribution < 1.29 is 4.52 Å². The van der Waals surface area contributed by atoms with Crippen LogP contribution in [-0.2, 0) is 0 Å². The Hall–Kier alpha value is -1.57. The van der Waals surface area contributed by atoms with Gasteiger partial charge in [-0.1, -0.05) is 35.0 Å². The van der Waals surface area contributed by atoms with E-state index < -0.39 is 0 Å². The summed E-state index contributed by atoms with van der Waals surface area (Å²) in [6.45, 7) is 3.96. The van der Waals surface area contributed by atoms with Crippen molar-refractivity contribution in [2.75, 3.05) is 0 Å². The summed E-state index contributed by atoms with van der Waals surface area (Å²) < 4.78 is 5.00. The molecule has 2 nitrogen and oxygen atoms in total. The van der Waals surface area contributed by atoms with Crippen LogP contribution in [0.4, 0.5) is 0 Å².